The first-order valence-corrected chi connectivity index (χ1v) is 8.48. The smallest absolute Gasteiger partial charge is 0.255 e. The van der Waals surface area contributed by atoms with E-state index in [2.05, 4.69) is 10.2 Å². The Morgan fingerprint density at radius 2 is 1.72 bits per heavy atom. The van der Waals surface area contributed by atoms with E-state index >= 15 is 0 Å². The van der Waals surface area contributed by atoms with Gasteiger partial charge in [-0.3, -0.25) is 10.2 Å². The number of amidine groups is 1. The molecule has 1 fully saturated rings. The number of carbonyl (C=O) groups excluding carboxylic acids is 1. The number of anilines is 1. The van der Waals surface area contributed by atoms with Gasteiger partial charge in [-0.15, -0.1) is 0 Å². The van der Waals surface area contributed by atoms with Crippen molar-refractivity contribution in [1.82, 2.24) is 4.90 Å². The molecule has 0 aromatic heterocycles. The minimum absolute atomic E-state index is 0.193. The molecular formula is C20H23N3O2. The summed E-state index contributed by atoms with van der Waals surface area (Å²) in [5.41, 5.74) is 3.11. The second-order valence-electron chi connectivity index (χ2n) is 6.28. The first kappa shape index (κ1) is 17.0. The summed E-state index contributed by atoms with van der Waals surface area (Å²) < 4.78 is 5.32. The van der Waals surface area contributed by atoms with Crippen LogP contribution in [0.2, 0.25) is 0 Å². The van der Waals surface area contributed by atoms with Gasteiger partial charge in [-0.25, -0.2) is 0 Å². The number of carbonyl (C=O) groups is 1. The van der Waals surface area contributed by atoms with Crippen molar-refractivity contribution in [1.29, 1.82) is 5.41 Å². The minimum atomic E-state index is -0.193. The highest BCUT2D eigenvalue weighted by atomic mass is 16.5. The molecule has 0 aliphatic carbocycles. The number of rotatable bonds is 4. The van der Waals surface area contributed by atoms with Crippen LogP contribution in [0.25, 0.3) is 0 Å². The topological polar surface area (TPSA) is 65.4 Å². The van der Waals surface area contributed by atoms with Crippen LogP contribution in [0.15, 0.2) is 42.5 Å². The van der Waals surface area contributed by atoms with Crippen LogP contribution >= 0.6 is 0 Å². The lowest BCUT2D eigenvalue weighted by atomic mass is 10.1. The van der Waals surface area contributed by atoms with Crippen LogP contribution in [-0.4, -0.2) is 36.8 Å². The van der Waals surface area contributed by atoms with Crippen LogP contribution in [0.1, 0.15) is 34.3 Å². The molecule has 2 aromatic carbocycles. The molecule has 0 saturated carbocycles. The first-order valence-electron chi connectivity index (χ1n) is 8.48. The van der Waals surface area contributed by atoms with Crippen molar-refractivity contribution in [2.24, 2.45) is 0 Å². The fourth-order valence-electron chi connectivity index (χ4n) is 3.00. The van der Waals surface area contributed by atoms with Gasteiger partial charge in [0.2, 0.25) is 0 Å². The van der Waals surface area contributed by atoms with E-state index < -0.39 is 0 Å². The zero-order valence-corrected chi connectivity index (χ0v) is 14.6. The standard InChI is InChI=1S/C20H23N3O2/c1-14-5-10-17(18(13-14)25-2)22-20(24)16-8-6-15(7-9-16)19(21)23-11-3-4-12-23/h5-10,13,21H,3-4,11-12H2,1-2H3,(H,22,24). The maximum atomic E-state index is 12.5. The van der Waals surface area contributed by atoms with Crippen molar-refractivity contribution < 1.29 is 9.53 Å². The Morgan fingerprint density at radius 1 is 1.08 bits per heavy atom. The number of hydrogen-bond donors (Lipinski definition) is 2. The largest absolute Gasteiger partial charge is 0.495 e. The third-order valence-electron chi connectivity index (χ3n) is 4.45. The zero-order valence-electron chi connectivity index (χ0n) is 14.6. The van der Waals surface area contributed by atoms with Crippen molar-refractivity contribution in [2.45, 2.75) is 19.8 Å². The van der Waals surface area contributed by atoms with E-state index in [1.165, 1.54) is 0 Å². The molecule has 1 saturated heterocycles. The predicted molar refractivity (Wildman–Crippen MR) is 99.8 cm³/mol. The highest BCUT2D eigenvalue weighted by molar-refractivity contribution is 6.06. The lowest BCUT2D eigenvalue weighted by Crippen LogP contribution is -2.27. The molecule has 1 aliphatic rings. The minimum Gasteiger partial charge on any atom is -0.495 e. The summed E-state index contributed by atoms with van der Waals surface area (Å²) in [6.07, 6.45) is 2.28. The molecule has 5 nitrogen and oxygen atoms in total. The molecular weight excluding hydrogens is 314 g/mol. The molecule has 1 heterocycles. The second-order valence-corrected chi connectivity index (χ2v) is 6.28. The Balaban J connectivity index is 1.71. The Morgan fingerprint density at radius 3 is 2.36 bits per heavy atom. The number of ether oxygens (including phenoxy) is 1. The Kier molecular flexibility index (Phi) is 5.03. The van der Waals surface area contributed by atoms with E-state index in [1.807, 2.05) is 37.3 Å². The van der Waals surface area contributed by atoms with Crippen molar-refractivity contribution >= 4 is 17.4 Å². The van der Waals surface area contributed by atoms with Gasteiger partial charge in [0.1, 0.15) is 11.6 Å². The van der Waals surface area contributed by atoms with Crippen LogP contribution < -0.4 is 10.1 Å². The van der Waals surface area contributed by atoms with Gasteiger partial charge >= 0.3 is 0 Å². The predicted octanol–water partition coefficient (Wildman–Crippen LogP) is 3.68. The first-order chi connectivity index (χ1) is 12.1. The van der Waals surface area contributed by atoms with Crippen LogP contribution in [0.5, 0.6) is 5.75 Å². The van der Waals surface area contributed by atoms with Crippen molar-refractivity contribution in [3.63, 3.8) is 0 Å². The molecule has 2 N–H and O–H groups in total. The molecule has 0 atom stereocenters. The molecule has 0 spiro atoms. The third-order valence-corrected chi connectivity index (χ3v) is 4.45. The molecule has 3 rings (SSSR count). The Hall–Kier alpha value is -2.82. The van der Waals surface area contributed by atoms with Crippen LogP contribution in [0, 0.1) is 12.3 Å². The summed E-state index contributed by atoms with van der Waals surface area (Å²) in [6, 6.07) is 12.8. The fourth-order valence-corrected chi connectivity index (χ4v) is 3.00. The van der Waals surface area contributed by atoms with Crippen LogP contribution in [-0.2, 0) is 0 Å². The average molecular weight is 337 g/mol. The molecule has 1 aliphatic heterocycles. The number of nitrogens with one attached hydrogen (secondary N) is 2. The van der Waals surface area contributed by atoms with Gasteiger partial charge in [0.15, 0.2) is 0 Å². The highest BCUT2D eigenvalue weighted by Crippen LogP contribution is 2.25. The normalized spacial score (nSPS) is 13.6. The SMILES string of the molecule is COc1cc(C)ccc1NC(=O)c1ccc(C(=N)N2CCCC2)cc1. The van der Waals surface area contributed by atoms with E-state index in [-0.39, 0.29) is 5.91 Å². The van der Waals surface area contributed by atoms with Gasteiger partial charge in [0.25, 0.3) is 5.91 Å². The number of hydrogen-bond acceptors (Lipinski definition) is 3. The lowest BCUT2D eigenvalue weighted by molar-refractivity contribution is 0.102. The van der Waals surface area contributed by atoms with E-state index in [9.17, 15) is 4.79 Å². The molecule has 130 valence electrons. The summed E-state index contributed by atoms with van der Waals surface area (Å²) in [5, 5.41) is 11.1. The molecule has 1 amide bonds. The fraction of sp³-hybridized carbons (Fsp3) is 0.300. The van der Waals surface area contributed by atoms with Crippen LogP contribution in [0.4, 0.5) is 5.69 Å². The van der Waals surface area contributed by atoms with Crippen molar-refractivity contribution in [3.05, 3.63) is 59.2 Å². The summed E-state index contributed by atoms with van der Waals surface area (Å²) in [4.78, 5) is 14.5. The lowest BCUT2D eigenvalue weighted by Gasteiger charge is -2.18. The summed E-state index contributed by atoms with van der Waals surface area (Å²) in [6.45, 7) is 3.85. The van der Waals surface area contributed by atoms with E-state index in [0.29, 0.717) is 22.8 Å². The molecule has 0 radical (unpaired) electrons. The Labute approximate surface area is 148 Å². The average Bonchev–Trinajstić information content (AvgIpc) is 3.17. The number of nitrogens with zero attached hydrogens (tertiary/aromatic N) is 1. The van der Waals surface area contributed by atoms with E-state index in [1.54, 1.807) is 19.2 Å². The third kappa shape index (κ3) is 3.82. The van der Waals surface area contributed by atoms with Gasteiger partial charge in [0.05, 0.1) is 12.8 Å². The Bertz CT molecular complexity index is 778. The molecule has 0 bridgehead atoms. The van der Waals surface area contributed by atoms with Gasteiger partial charge in [-0.2, -0.15) is 0 Å². The van der Waals surface area contributed by atoms with Gasteiger partial charge < -0.3 is 15.0 Å². The number of aryl methyl sites for hydroxylation is 1. The quantitative estimate of drug-likeness (QED) is 0.661. The second kappa shape index (κ2) is 7.38. The van der Waals surface area contributed by atoms with Crippen molar-refractivity contribution in [3.8, 4) is 5.75 Å². The maximum Gasteiger partial charge on any atom is 0.255 e. The monoisotopic (exact) mass is 337 g/mol. The summed E-state index contributed by atoms with van der Waals surface area (Å²) in [7, 11) is 1.59. The number of amides is 1. The van der Waals surface area contributed by atoms with Gasteiger partial charge in [0, 0.05) is 24.2 Å². The summed E-state index contributed by atoms with van der Waals surface area (Å²) >= 11 is 0. The van der Waals surface area contributed by atoms with E-state index in [0.717, 1.165) is 37.1 Å². The highest BCUT2D eigenvalue weighted by Gasteiger charge is 2.17. The maximum absolute atomic E-state index is 12.5. The van der Waals surface area contributed by atoms with Crippen LogP contribution in [0.3, 0.4) is 0 Å². The zero-order chi connectivity index (χ0) is 17.8. The van der Waals surface area contributed by atoms with E-state index in [4.69, 9.17) is 10.1 Å². The summed E-state index contributed by atoms with van der Waals surface area (Å²) in [5.74, 6) is 0.979. The molecule has 25 heavy (non-hydrogen) atoms. The molecule has 0 unspecified atom stereocenters. The molecule has 2 aromatic rings. The number of likely N-dealkylation sites (tertiary alicyclic amines) is 1. The van der Waals surface area contributed by atoms with Crippen molar-refractivity contribution in [2.75, 3.05) is 25.5 Å². The number of methoxy groups -OCH3 is 1. The van der Waals surface area contributed by atoms with Gasteiger partial charge in [-0.05, 0) is 49.6 Å². The number of benzene rings is 2. The van der Waals surface area contributed by atoms with Gasteiger partial charge in [-0.1, -0.05) is 18.2 Å². The molecule has 5 heteroatoms.